The number of rotatable bonds is 5. The number of nitrogens with one attached hydrogen (secondary N) is 1. The minimum absolute atomic E-state index is 0.123. The smallest absolute Gasteiger partial charge is 0.224 e. The SMILES string of the molecule is CCCCC(=O)Nc1cc(CC)ccc1C. The van der Waals surface area contributed by atoms with E-state index in [1.807, 2.05) is 6.92 Å². The topological polar surface area (TPSA) is 29.1 Å². The van der Waals surface area contributed by atoms with Crippen molar-refractivity contribution in [3.63, 3.8) is 0 Å². The second-order valence-corrected chi connectivity index (χ2v) is 4.15. The van der Waals surface area contributed by atoms with Gasteiger partial charge in [-0.25, -0.2) is 0 Å². The molecule has 88 valence electrons. The van der Waals surface area contributed by atoms with E-state index in [1.54, 1.807) is 0 Å². The second-order valence-electron chi connectivity index (χ2n) is 4.15. The molecule has 1 rings (SSSR count). The molecule has 0 aliphatic carbocycles. The molecular formula is C14H21NO. The summed E-state index contributed by atoms with van der Waals surface area (Å²) >= 11 is 0. The van der Waals surface area contributed by atoms with Crippen molar-refractivity contribution in [2.75, 3.05) is 5.32 Å². The van der Waals surface area contributed by atoms with Crippen LogP contribution in [0.3, 0.4) is 0 Å². The van der Waals surface area contributed by atoms with Crippen molar-refractivity contribution >= 4 is 11.6 Å². The van der Waals surface area contributed by atoms with Gasteiger partial charge in [-0.3, -0.25) is 4.79 Å². The van der Waals surface area contributed by atoms with Crippen LogP contribution in [0.4, 0.5) is 5.69 Å². The molecule has 0 atom stereocenters. The van der Waals surface area contributed by atoms with E-state index < -0.39 is 0 Å². The third-order valence-electron chi connectivity index (χ3n) is 2.74. The lowest BCUT2D eigenvalue weighted by atomic mass is 10.1. The molecule has 0 saturated heterocycles. The van der Waals surface area contributed by atoms with Crippen LogP contribution in [0.5, 0.6) is 0 Å². The zero-order valence-electron chi connectivity index (χ0n) is 10.5. The molecule has 1 amide bonds. The van der Waals surface area contributed by atoms with Crippen molar-refractivity contribution in [1.82, 2.24) is 0 Å². The van der Waals surface area contributed by atoms with Crippen LogP contribution in [-0.4, -0.2) is 5.91 Å². The summed E-state index contributed by atoms with van der Waals surface area (Å²) in [5, 5.41) is 2.98. The van der Waals surface area contributed by atoms with Gasteiger partial charge in [-0.2, -0.15) is 0 Å². The number of unbranched alkanes of at least 4 members (excludes halogenated alkanes) is 1. The highest BCUT2D eigenvalue weighted by Crippen LogP contribution is 2.17. The average molecular weight is 219 g/mol. The quantitative estimate of drug-likeness (QED) is 0.804. The molecule has 0 aromatic heterocycles. The van der Waals surface area contributed by atoms with E-state index in [9.17, 15) is 4.79 Å². The predicted molar refractivity (Wildman–Crippen MR) is 68.7 cm³/mol. The fourth-order valence-corrected chi connectivity index (χ4v) is 1.57. The third kappa shape index (κ3) is 3.69. The molecule has 1 aromatic rings. The first-order valence-corrected chi connectivity index (χ1v) is 6.06. The van der Waals surface area contributed by atoms with E-state index in [2.05, 4.69) is 37.4 Å². The molecule has 0 spiro atoms. The predicted octanol–water partition coefficient (Wildman–Crippen LogP) is 3.69. The van der Waals surface area contributed by atoms with Gasteiger partial charge in [0.1, 0.15) is 0 Å². The summed E-state index contributed by atoms with van der Waals surface area (Å²) in [4.78, 5) is 11.6. The molecule has 0 bridgehead atoms. The number of carbonyl (C=O) groups is 1. The van der Waals surface area contributed by atoms with Gasteiger partial charge in [0.25, 0.3) is 0 Å². The molecule has 0 heterocycles. The van der Waals surface area contributed by atoms with Crippen molar-refractivity contribution in [3.8, 4) is 0 Å². The molecule has 0 aliphatic heterocycles. The highest BCUT2D eigenvalue weighted by molar-refractivity contribution is 5.91. The Labute approximate surface area is 98.1 Å². The Morgan fingerprint density at radius 1 is 1.31 bits per heavy atom. The fourth-order valence-electron chi connectivity index (χ4n) is 1.57. The maximum Gasteiger partial charge on any atom is 0.224 e. The summed E-state index contributed by atoms with van der Waals surface area (Å²) in [7, 11) is 0. The normalized spacial score (nSPS) is 10.2. The van der Waals surface area contributed by atoms with Crippen LogP contribution in [0.2, 0.25) is 0 Å². The van der Waals surface area contributed by atoms with E-state index in [4.69, 9.17) is 0 Å². The number of hydrogen-bond donors (Lipinski definition) is 1. The molecule has 0 fully saturated rings. The van der Waals surface area contributed by atoms with Crippen LogP contribution in [0, 0.1) is 6.92 Å². The van der Waals surface area contributed by atoms with Crippen LogP contribution in [0.25, 0.3) is 0 Å². The zero-order chi connectivity index (χ0) is 12.0. The van der Waals surface area contributed by atoms with Crippen LogP contribution in [0.1, 0.15) is 44.2 Å². The minimum Gasteiger partial charge on any atom is -0.326 e. The highest BCUT2D eigenvalue weighted by Gasteiger charge is 2.04. The molecule has 0 radical (unpaired) electrons. The van der Waals surface area contributed by atoms with Crippen molar-refractivity contribution in [2.45, 2.75) is 46.5 Å². The summed E-state index contributed by atoms with van der Waals surface area (Å²) in [5.74, 6) is 0.123. The lowest BCUT2D eigenvalue weighted by Crippen LogP contribution is -2.12. The lowest BCUT2D eigenvalue weighted by Gasteiger charge is -2.09. The molecular weight excluding hydrogens is 198 g/mol. The van der Waals surface area contributed by atoms with Crippen molar-refractivity contribution < 1.29 is 4.79 Å². The van der Waals surface area contributed by atoms with Gasteiger partial charge in [0.05, 0.1) is 0 Å². The largest absolute Gasteiger partial charge is 0.326 e. The van der Waals surface area contributed by atoms with Gasteiger partial charge in [0.15, 0.2) is 0 Å². The Balaban J connectivity index is 2.68. The molecule has 1 N–H and O–H groups in total. The summed E-state index contributed by atoms with van der Waals surface area (Å²) < 4.78 is 0. The Morgan fingerprint density at radius 2 is 2.06 bits per heavy atom. The van der Waals surface area contributed by atoms with Crippen LogP contribution in [0.15, 0.2) is 18.2 Å². The van der Waals surface area contributed by atoms with Crippen LogP contribution in [-0.2, 0) is 11.2 Å². The first kappa shape index (κ1) is 12.8. The van der Waals surface area contributed by atoms with Gasteiger partial charge in [-0.15, -0.1) is 0 Å². The third-order valence-corrected chi connectivity index (χ3v) is 2.74. The number of carbonyl (C=O) groups excluding carboxylic acids is 1. The maximum absolute atomic E-state index is 11.6. The average Bonchev–Trinajstić information content (AvgIpc) is 2.29. The Bertz CT molecular complexity index is 358. The van der Waals surface area contributed by atoms with Crippen LogP contribution < -0.4 is 5.32 Å². The molecule has 2 nitrogen and oxygen atoms in total. The Morgan fingerprint density at radius 3 is 2.69 bits per heavy atom. The molecule has 2 heteroatoms. The van der Waals surface area contributed by atoms with Gasteiger partial charge in [0, 0.05) is 12.1 Å². The van der Waals surface area contributed by atoms with E-state index in [0.717, 1.165) is 30.5 Å². The van der Waals surface area contributed by atoms with E-state index in [0.29, 0.717) is 6.42 Å². The minimum atomic E-state index is 0.123. The molecule has 16 heavy (non-hydrogen) atoms. The monoisotopic (exact) mass is 219 g/mol. The van der Waals surface area contributed by atoms with E-state index in [1.165, 1.54) is 5.56 Å². The Hall–Kier alpha value is -1.31. The van der Waals surface area contributed by atoms with E-state index in [-0.39, 0.29) is 5.91 Å². The summed E-state index contributed by atoms with van der Waals surface area (Å²) in [6.45, 7) is 6.23. The molecule has 1 aromatic carbocycles. The zero-order valence-corrected chi connectivity index (χ0v) is 10.5. The first-order chi connectivity index (χ1) is 7.67. The first-order valence-electron chi connectivity index (χ1n) is 6.06. The number of amides is 1. The van der Waals surface area contributed by atoms with Crippen LogP contribution >= 0.6 is 0 Å². The Kier molecular flexibility index (Phi) is 5.03. The second kappa shape index (κ2) is 6.31. The summed E-state index contributed by atoms with van der Waals surface area (Å²) in [6, 6.07) is 6.24. The van der Waals surface area contributed by atoms with E-state index >= 15 is 0 Å². The lowest BCUT2D eigenvalue weighted by molar-refractivity contribution is -0.116. The number of hydrogen-bond acceptors (Lipinski definition) is 1. The standard InChI is InChI=1S/C14H21NO/c1-4-6-7-14(16)15-13-10-12(5-2)9-8-11(13)3/h8-10H,4-7H2,1-3H3,(H,15,16). The number of benzene rings is 1. The summed E-state index contributed by atoms with van der Waals surface area (Å²) in [5.41, 5.74) is 3.35. The highest BCUT2D eigenvalue weighted by atomic mass is 16.1. The van der Waals surface area contributed by atoms with Gasteiger partial charge >= 0.3 is 0 Å². The molecule has 0 saturated carbocycles. The maximum atomic E-state index is 11.6. The number of anilines is 1. The van der Waals surface area contributed by atoms with Gasteiger partial charge < -0.3 is 5.32 Å². The molecule has 0 aliphatic rings. The van der Waals surface area contributed by atoms with Crippen molar-refractivity contribution in [2.24, 2.45) is 0 Å². The molecule has 0 unspecified atom stereocenters. The number of aryl methyl sites for hydroxylation is 2. The fraction of sp³-hybridized carbons (Fsp3) is 0.500. The van der Waals surface area contributed by atoms with Gasteiger partial charge in [-0.05, 0) is 37.0 Å². The van der Waals surface area contributed by atoms with Gasteiger partial charge in [0.2, 0.25) is 5.91 Å². The van der Waals surface area contributed by atoms with Crippen molar-refractivity contribution in [1.29, 1.82) is 0 Å². The van der Waals surface area contributed by atoms with Crippen molar-refractivity contribution in [3.05, 3.63) is 29.3 Å². The van der Waals surface area contributed by atoms with Gasteiger partial charge in [-0.1, -0.05) is 32.4 Å². The summed E-state index contributed by atoms with van der Waals surface area (Å²) in [6.07, 6.45) is 3.63.